The van der Waals surface area contributed by atoms with E-state index in [4.69, 9.17) is 0 Å². The monoisotopic (exact) mass is 389 g/mol. The fraction of sp³-hybridized carbons (Fsp3) is 0.217. The molecule has 0 aliphatic heterocycles. The van der Waals surface area contributed by atoms with Gasteiger partial charge in [0.15, 0.2) is 0 Å². The van der Waals surface area contributed by atoms with Crippen molar-refractivity contribution in [3.05, 3.63) is 99.7 Å². The van der Waals surface area contributed by atoms with E-state index in [1.165, 1.54) is 22.6 Å². The summed E-state index contributed by atoms with van der Waals surface area (Å²) in [4.78, 5) is 29.9. The van der Waals surface area contributed by atoms with Crippen LogP contribution >= 0.6 is 0 Å². The van der Waals surface area contributed by atoms with E-state index >= 15 is 0 Å². The molecule has 148 valence electrons. The van der Waals surface area contributed by atoms with E-state index in [-0.39, 0.29) is 23.2 Å². The lowest BCUT2D eigenvalue weighted by atomic mass is 9.87. The van der Waals surface area contributed by atoms with Crippen LogP contribution in [0.25, 0.3) is 0 Å². The van der Waals surface area contributed by atoms with Crippen LogP contribution in [0.5, 0.6) is 0 Å². The van der Waals surface area contributed by atoms with Gasteiger partial charge in [0.2, 0.25) is 0 Å². The molecule has 29 heavy (non-hydrogen) atoms. The summed E-state index contributed by atoms with van der Waals surface area (Å²) in [7, 11) is 0. The van der Waals surface area contributed by atoms with Crippen molar-refractivity contribution in [2.24, 2.45) is 0 Å². The Kier molecular flexibility index (Phi) is 5.73. The number of nitrogens with zero attached hydrogens (tertiary/aromatic N) is 3. The molecule has 0 bridgehead atoms. The molecular formula is C23H23N3O3. The molecule has 0 fully saturated rings. The standard InChI is InChI=1S/C23H23N3O3/c1-23(2,3)18-13-11-17(12-14-18)16-25(21-10-6-7-15-24-21)22(27)19-8-4-5-9-20(19)26(28)29/h4-15H,16H2,1-3H3. The first-order chi connectivity index (χ1) is 13.8. The minimum Gasteiger partial charge on any atom is -0.288 e. The molecule has 0 atom stereocenters. The van der Waals surface area contributed by atoms with Crippen LogP contribution in [0.2, 0.25) is 0 Å². The first kappa shape index (κ1) is 20.2. The van der Waals surface area contributed by atoms with Crippen LogP contribution in [0.1, 0.15) is 42.3 Å². The molecular weight excluding hydrogens is 366 g/mol. The summed E-state index contributed by atoms with van der Waals surface area (Å²) in [5.41, 5.74) is 1.95. The van der Waals surface area contributed by atoms with Crippen molar-refractivity contribution in [1.82, 2.24) is 4.98 Å². The summed E-state index contributed by atoms with van der Waals surface area (Å²) >= 11 is 0. The van der Waals surface area contributed by atoms with Crippen LogP contribution in [0, 0.1) is 10.1 Å². The number of aromatic nitrogens is 1. The zero-order valence-corrected chi connectivity index (χ0v) is 16.7. The second-order valence-electron chi connectivity index (χ2n) is 7.80. The Hall–Kier alpha value is -3.54. The molecule has 0 unspecified atom stereocenters. The van der Waals surface area contributed by atoms with Gasteiger partial charge < -0.3 is 0 Å². The molecule has 1 heterocycles. The van der Waals surface area contributed by atoms with Crippen molar-refractivity contribution in [2.75, 3.05) is 4.90 Å². The summed E-state index contributed by atoms with van der Waals surface area (Å²) in [6, 6.07) is 19.3. The third-order valence-corrected chi connectivity index (χ3v) is 4.66. The molecule has 3 rings (SSSR count). The number of nitro groups is 1. The number of benzene rings is 2. The number of carbonyl (C=O) groups excluding carboxylic acids is 1. The first-order valence-corrected chi connectivity index (χ1v) is 9.33. The second kappa shape index (κ2) is 8.22. The van der Waals surface area contributed by atoms with Crippen LogP contribution in [-0.2, 0) is 12.0 Å². The number of carbonyl (C=O) groups is 1. The zero-order chi connectivity index (χ0) is 21.0. The summed E-state index contributed by atoms with van der Waals surface area (Å²) in [6.45, 7) is 6.67. The van der Waals surface area contributed by atoms with Gasteiger partial charge in [0.05, 0.1) is 11.5 Å². The molecule has 0 saturated carbocycles. The van der Waals surface area contributed by atoms with Crippen molar-refractivity contribution < 1.29 is 9.72 Å². The Morgan fingerprint density at radius 1 is 1.00 bits per heavy atom. The highest BCUT2D eigenvalue weighted by Gasteiger charge is 2.26. The Labute approximate surface area is 170 Å². The smallest absolute Gasteiger partial charge is 0.282 e. The van der Waals surface area contributed by atoms with Gasteiger partial charge in [-0.25, -0.2) is 4.98 Å². The Balaban J connectivity index is 1.98. The highest BCUT2D eigenvalue weighted by Crippen LogP contribution is 2.26. The van der Waals surface area contributed by atoms with Gasteiger partial charge >= 0.3 is 0 Å². The van der Waals surface area contributed by atoms with Gasteiger partial charge in [-0.15, -0.1) is 0 Å². The van der Waals surface area contributed by atoms with Crippen molar-refractivity contribution in [3.63, 3.8) is 0 Å². The number of hydrogen-bond donors (Lipinski definition) is 0. The Morgan fingerprint density at radius 3 is 2.24 bits per heavy atom. The molecule has 1 amide bonds. The fourth-order valence-corrected chi connectivity index (χ4v) is 3.02. The average molecular weight is 389 g/mol. The molecule has 0 aliphatic rings. The van der Waals surface area contributed by atoms with Gasteiger partial charge in [-0.2, -0.15) is 0 Å². The molecule has 6 nitrogen and oxygen atoms in total. The Bertz CT molecular complexity index is 1010. The van der Waals surface area contributed by atoms with E-state index in [1.807, 2.05) is 24.3 Å². The van der Waals surface area contributed by atoms with E-state index in [0.29, 0.717) is 5.82 Å². The number of amides is 1. The lowest BCUT2D eigenvalue weighted by molar-refractivity contribution is -0.385. The number of anilines is 1. The van der Waals surface area contributed by atoms with Gasteiger partial charge in [0.1, 0.15) is 11.4 Å². The summed E-state index contributed by atoms with van der Waals surface area (Å²) < 4.78 is 0. The number of rotatable bonds is 5. The quantitative estimate of drug-likeness (QED) is 0.447. The van der Waals surface area contributed by atoms with Gasteiger partial charge in [-0.1, -0.05) is 63.2 Å². The second-order valence-corrected chi connectivity index (χ2v) is 7.80. The molecule has 6 heteroatoms. The van der Waals surface area contributed by atoms with Crippen LogP contribution in [-0.4, -0.2) is 15.8 Å². The molecule has 0 aliphatic carbocycles. The van der Waals surface area contributed by atoms with Gasteiger partial charge in [0, 0.05) is 12.3 Å². The highest BCUT2D eigenvalue weighted by molar-refractivity contribution is 6.08. The van der Waals surface area contributed by atoms with E-state index in [0.717, 1.165) is 5.56 Å². The number of nitro benzene ring substituents is 1. The molecule has 0 saturated heterocycles. The minimum absolute atomic E-state index is 0.0275. The summed E-state index contributed by atoms with van der Waals surface area (Å²) in [5.74, 6) is -0.0218. The molecule has 2 aromatic carbocycles. The van der Waals surface area contributed by atoms with E-state index in [2.05, 4.69) is 25.8 Å². The van der Waals surface area contributed by atoms with Crippen LogP contribution in [0.15, 0.2) is 72.9 Å². The largest absolute Gasteiger partial charge is 0.288 e. The Morgan fingerprint density at radius 2 is 1.66 bits per heavy atom. The minimum atomic E-state index is -0.540. The fourth-order valence-electron chi connectivity index (χ4n) is 3.02. The van der Waals surface area contributed by atoms with Crippen LogP contribution < -0.4 is 4.90 Å². The first-order valence-electron chi connectivity index (χ1n) is 9.33. The maximum Gasteiger partial charge on any atom is 0.282 e. The third-order valence-electron chi connectivity index (χ3n) is 4.66. The maximum absolute atomic E-state index is 13.3. The summed E-state index contributed by atoms with van der Waals surface area (Å²) in [6.07, 6.45) is 1.59. The zero-order valence-electron chi connectivity index (χ0n) is 16.7. The highest BCUT2D eigenvalue weighted by atomic mass is 16.6. The molecule has 0 N–H and O–H groups in total. The van der Waals surface area contributed by atoms with Crippen molar-refractivity contribution in [1.29, 1.82) is 0 Å². The van der Waals surface area contributed by atoms with E-state index in [9.17, 15) is 14.9 Å². The maximum atomic E-state index is 13.3. The molecule has 3 aromatic rings. The van der Waals surface area contributed by atoms with Gasteiger partial charge in [-0.05, 0) is 34.7 Å². The third kappa shape index (κ3) is 4.66. The lowest BCUT2D eigenvalue weighted by Crippen LogP contribution is -2.31. The molecule has 0 radical (unpaired) electrons. The van der Waals surface area contributed by atoms with Gasteiger partial charge in [-0.3, -0.25) is 19.8 Å². The van der Waals surface area contributed by atoms with Crippen molar-refractivity contribution in [3.8, 4) is 0 Å². The van der Waals surface area contributed by atoms with E-state index in [1.54, 1.807) is 36.5 Å². The molecule has 1 aromatic heterocycles. The normalized spacial score (nSPS) is 11.1. The van der Waals surface area contributed by atoms with E-state index < -0.39 is 10.8 Å². The number of pyridine rings is 1. The van der Waals surface area contributed by atoms with Crippen LogP contribution in [0.3, 0.4) is 0 Å². The van der Waals surface area contributed by atoms with Crippen molar-refractivity contribution in [2.45, 2.75) is 32.7 Å². The van der Waals surface area contributed by atoms with Gasteiger partial charge in [0.25, 0.3) is 11.6 Å². The predicted octanol–water partition coefficient (Wildman–Crippen LogP) is 5.13. The van der Waals surface area contributed by atoms with Crippen LogP contribution in [0.4, 0.5) is 11.5 Å². The van der Waals surface area contributed by atoms with Crippen molar-refractivity contribution >= 4 is 17.4 Å². The topological polar surface area (TPSA) is 76.3 Å². The number of hydrogen-bond acceptors (Lipinski definition) is 4. The number of para-hydroxylation sites is 1. The SMILES string of the molecule is CC(C)(C)c1ccc(CN(C(=O)c2ccccc2[N+](=O)[O-])c2ccccn2)cc1. The average Bonchev–Trinajstić information content (AvgIpc) is 2.72. The lowest BCUT2D eigenvalue weighted by Gasteiger charge is -2.23. The molecule has 0 spiro atoms. The summed E-state index contributed by atoms with van der Waals surface area (Å²) in [5, 5.41) is 11.4. The predicted molar refractivity (Wildman–Crippen MR) is 113 cm³/mol.